The topological polar surface area (TPSA) is 94.5 Å². The van der Waals surface area contributed by atoms with Gasteiger partial charge in [-0.25, -0.2) is 4.79 Å². The number of aromatic nitrogens is 2. The van der Waals surface area contributed by atoms with Crippen molar-refractivity contribution in [3.63, 3.8) is 0 Å². The molecular weight excluding hydrogens is 360 g/mol. The summed E-state index contributed by atoms with van der Waals surface area (Å²) >= 11 is 6.19. The Morgan fingerprint density at radius 1 is 1.31 bits per heavy atom. The summed E-state index contributed by atoms with van der Waals surface area (Å²) in [6, 6.07) is 5.89. The number of benzene rings is 1. The Labute approximate surface area is 156 Å². The van der Waals surface area contributed by atoms with Gasteiger partial charge in [0, 0.05) is 18.3 Å². The van der Waals surface area contributed by atoms with Crippen LogP contribution in [0.3, 0.4) is 0 Å². The van der Waals surface area contributed by atoms with Gasteiger partial charge in [0.2, 0.25) is 0 Å². The van der Waals surface area contributed by atoms with E-state index in [0.29, 0.717) is 29.4 Å². The van der Waals surface area contributed by atoms with Gasteiger partial charge in [-0.05, 0) is 11.6 Å². The number of methoxy groups -OCH3 is 2. The number of urea groups is 1. The molecule has 0 aliphatic rings. The highest BCUT2D eigenvalue weighted by Crippen LogP contribution is 2.25. The summed E-state index contributed by atoms with van der Waals surface area (Å²) in [5.41, 5.74) is 1.15. The molecule has 1 unspecified atom stereocenters. The maximum atomic E-state index is 12.3. The van der Waals surface area contributed by atoms with Crippen LogP contribution >= 0.6 is 11.6 Å². The van der Waals surface area contributed by atoms with Gasteiger partial charge >= 0.3 is 12.0 Å². The van der Waals surface area contributed by atoms with Gasteiger partial charge in [-0.15, -0.1) is 0 Å². The molecule has 8 nitrogen and oxygen atoms in total. The highest BCUT2D eigenvalue weighted by molar-refractivity contribution is 6.31. The molecule has 9 heteroatoms. The number of nitrogens with one attached hydrogen (secondary N) is 2. The monoisotopic (exact) mass is 380 g/mol. The molecule has 0 spiro atoms. The molecule has 26 heavy (non-hydrogen) atoms. The maximum absolute atomic E-state index is 12.3. The average Bonchev–Trinajstić information content (AvgIpc) is 3.06. The second kappa shape index (κ2) is 9.79. The standard InChI is InChI=1S/C17H21ClN4O4/c1-25-8-7-22-11-12(10-19-22)20-17(24)21-15(9-16(23)26-2)13-5-3-4-6-14(13)18/h3-6,10-11,15H,7-9H2,1-2H3,(H2,20,21,24). The number of esters is 1. The fourth-order valence-electron chi connectivity index (χ4n) is 2.31. The van der Waals surface area contributed by atoms with Crippen molar-refractivity contribution in [2.24, 2.45) is 0 Å². The minimum atomic E-state index is -0.625. The summed E-state index contributed by atoms with van der Waals surface area (Å²) < 4.78 is 11.3. The number of amides is 2. The van der Waals surface area contributed by atoms with Crippen LogP contribution in [0, 0.1) is 0 Å². The van der Waals surface area contributed by atoms with E-state index in [2.05, 4.69) is 15.7 Å². The first-order valence-electron chi connectivity index (χ1n) is 7.93. The first-order chi connectivity index (χ1) is 12.5. The fraction of sp³-hybridized carbons (Fsp3) is 0.353. The Morgan fingerprint density at radius 2 is 2.08 bits per heavy atom. The van der Waals surface area contributed by atoms with E-state index in [4.69, 9.17) is 21.1 Å². The molecule has 2 aromatic rings. The Morgan fingerprint density at radius 3 is 2.77 bits per heavy atom. The van der Waals surface area contributed by atoms with Crippen molar-refractivity contribution >= 4 is 29.3 Å². The lowest BCUT2D eigenvalue weighted by molar-refractivity contribution is -0.141. The lowest BCUT2D eigenvalue weighted by Gasteiger charge is -2.19. The van der Waals surface area contributed by atoms with Crippen LogP contribution in [-0.2, 0) is 20.8 Å². The van der Waals surface area contributed by atoms with Crippen molar-refractivity contribution in [1.82, 2.24) is 15.1 Å². The van der Waals surface area contributed by atoms with Gasteiger partial charge in [-0.1, -0.05) is 29.8 Å². The Kier molecular flexibility index (Phi) is 7.43. The summed E-state index contributed by atoms with van der Waals surface area (Å²) in [6.45, 7) is 1.09. The molecule has 2 N–H and O–H groups in total. The molecule has 0 bridgehead atoms. The predicted octanol–water partition coefficient (Wildman–Crippen LogP) is 2.61. The van der Waals surface area contributed by atoms with Crippen molar-refractivity contribution in [2.45, 2.75) is 19.0 Å². The molecule has 1 heterocycles. The second-order valence-corrected chi connectivity index (χ2v) is 5.84. The molecule has 0 saturated carbocycles. The number of nitrogens with zero attached hydrogens (tertiary/aromatic N) is 2. The van der Waals surface area contributed by atoms with E-state index in [-0.39, 0.29) is 6.42 Å². The summed E-state index contributed by atoms with van der Waals surface area (Å²) in [5, 5.41) is 10.00. The molecule has 1 atom stereocenters. The smallest absolute Gasteiger partial charge is 0.319 e. The van der Waals surface area contributed by atoms with Crippen LogP contribution in [0.2, 0.25) is 5.02 Å². The fourth-order valence-corrected chi connectivity index (χ4v) is 2.57. The molecule has 0 radical (unpaired) electrons. The molecule has 0 fully saturated rings. The van der Waals surface area contributed by atoms with Crippen LogP contribution in [0.1, 0.15) is 18.0 Å². The molecular formula is C17H21ClN4O4. The van der Waals surface area contributed by atoms with Crippen LogP contribution in [-0.4, -0.2) is 42.6 Å². The van der Waals surface area contributed by atoms with Gasteiger partial charge in [0.15, 0.2) is 0 Å². The summed E-state index contributed by atoms with van der Waals surface area (Å²) in [4.78, 5) is 24.0. The zero-order valence-corrected chi connectivity index (χ0v) is 15.3. The molecule has 1 aromatic heterocycles. The van der Waals surface area contributed by atoms with E-state index in [1.54, 1.807) is 42.3 Å². The van der Waals surface area contributed by atoms with Crippen molar-refractivity contribution in [3.8, 4) is 0 Å². The van der Waals surface area contributed by atoms with Gasteiger partial charge in [-0.2, -0.15) is 5.10 Å². The molecule has 1 aromatic carbocycles. The average molecular weight is 381 g/mol. The number of carbonyl (C=O) groups is 2. The molecule has 0 saturated heterocycles. The predicted molar refractivity (Wildman–Crippen MR) is 97.1 cm³/mol. The van der Waals surface area contributed by atoms with E-state index >= 15 is 0 Å². The van der Waals surface area contributed by atoms with Gasteiger partial charge in [0.1, 0.15) is 0 Å². The van der Waals surface area contributed by atoms with E-state index in [1.165, 1.54) is 13.3 Å². The van der Waals surface area contributed by atoms with Gasteiger partial charge in [0.25, 0.3) is 0 Å². The van der Waals surface area contributed by atoms with Crippen LogP contribution in [0.25, 0.3) is 0 Å². The first-order valence-corrected chi connectivity index (χ1v) is 8.31. The maximum Gasteiger partial charge on any atom is 0.319 e. The largest absolute Gasteiger partial charge is 0.469 e. The number of carbonyl (C=O) groups excluding carboxylic acids is 2. The van der Waals surface area contributed by atoms with Gasteiger partial charge in [-0.3, -0.25) is 9.48 Å². The zero-order valence-electron chi connectivity index (χ0n) is 14.6. The Balaban J connectivity index is 2.05. The number of hydrogen-bond donors (Lipinski definition) is 2. The van der Waals surface area contributed by atoms with Crippen molar-refractivity contribution in [2.75, 3.05) is 26.1 Å². The summed E-state index contributed by atoms with van der Waals surface area (Å²) in [5.74, 6) is -0.456. The minimum absolute atomic E-state index is 0.0409. The molecule has 2 rings (SSSR count). The molecule has 2 amide bonds. The Bertz CT molecular complexity index is 750. The lowest BCUT2D eigenvalue weighted by atomic mass is 10.0. The summed E-state index contributed by atoms with van der Waals surface area (Å²) in [7, 11) is 2.90. The van der Waals surface area contributed by atoms with Crippen LogP contribution < -0.4 is 10.6 Å². The van der Waals surface area contributed by atoms with Crippen molar-refractivity contribution < 1.29 is 19.1 Å². The minimum Gasteiger partial charge on any atom is -0.469 e. The number of hydrogen-bond acceptors (Lipinski definition) is 5. The van der Waals surface area contributed by atoms with E-state index < -0.39 is 18.0 Å². The molecule has 140 valence electrons. The van der Waals surface area contributed by atoms with E-state index in [0.717, 1.165) is 0 Å². The van der Waals surface area contributed by atoms with Crippen molar-refractivity contribution in [1.29, 1.82) is 0 Å². The summed E-state index contributed by atoms with van der Waals surface area (Å²) in [6.07, 6.45) is 3.17. The van der Waals surface area contributed by atoms with E-state index in [9.17, 15) is 9.59 Å². The molecule has 0 aliphatic heterocycles. The molecule has 0 aliphatic carbocycles. The third kappa shape index (κ3) is 5.75. The number of rotatable bonds is 8. The first kappa shape index (κ1) is 19.7. The highest BCUT2D eigenvalue weighted by Gasteiger charge is 2.21. The number of halogens is 1. The Hall–Kier alpha value is -2.58. The SMILES string of the molecule is COCCn1cc(NC(=O)NC(CC(=O)OC)c2ccccc2Cl)cn1. The number of ether oxygens (including phenoxy) is 2. The lowest BCUT2D eigenvalue weighted by Crippen LogP contribution is -2.34. The van der Waals surface area contributed by atoms with Crippen molar-refractivity contribution in [3.05, 3.63) is 47.2 Å². The zero-order chi connectivity index (χ0) is 18.9. The van der Waals surface area contributed by atoms with Gasteiger partial charge in [0.05, 0.1) is 44.6 Å². The van der Waals surface area contributed by atoms with Crippen LogP contribution in [0.15, 0.2) is 36.7 Å². The normalized spacial score (nSPS) is 11.7. The highest BCUT2D eigenvalue weighted by atomic mass is 35.5. The third-order valence-corrected chi connectivity index (χ3v) is 3.94. The third-order valence-electron chi connectivity index (χ3n) is 3.60. The van der Waals surface area contributed by atoms with Crippen LogP contribution in [0.4, 0.5) is 10.5 Å². The second-order valence-electron chi connectivity index (χ2n) is 5.44. The van der Waals surface area contributed by atoms with Crippen LogP contribution in [0.5, 0.6) is 0 Å². The quantitative estimate of drug-likeness (QED) is 0.686. The van der Waals surface area contributed by atoms with Gasteiger partial charge < -0.3 is 20.1 Å². The number of anilines is 1. The van der Waals surface area contributed by atoms with E-state index in [1.807, 2.05) is 0 Å².